The zero-order valence-electron chi connectivity index (χ0n) is 16.2. The van der Waals surface area contributed by atoms with Crippen LogP contribution in [0.15, 0.2) is 36.4 Å². The summed E-state index contributed by atoms with van der Waals surface area (Å²) >= 11 is 0. The zero-order chi connectivity index (χ0) is 20.8. The number of ether oxygens (including phenoxy) is 1. The van der Waals surface area contributed by atoms with Crippen molar-refractivity contribution in [1.82, 2.24) is 10.2 Å². The number of hydrogen-bond donors (Lipinski definition) is 1. The third-order valence-electron chi connectivity index (χ3n) is 5.75. The Kier molecular flexibility index (Phi) is 4.49. The predicted octanol–water partition coefficient (Wildman–Crippen LogP) is 3.06. The quantitative estimate of drug-likeness (QED) is 0.476. The van der Waals surface area contributed by atoms with Crippen molar-refractivity contribution in [2.24, 2.45) is 0 Å². The van der Waals surface area contributed by atoms with Crippen LogP contribution in [0.2, 0.25) is 0 Å². The molecule has 2 aromatic carbocycles. The highest BCUT2D eigenvalue weighted by molar-refractivity contribution is 6.07. The van der Waals surface area contributed by atoms with E-state index in [0.717, 1.165) is 29.7 Å². The minimum absolute atomic E-state index is 0.115. The predicted molar refractivity (Wildman–Crippen MR) is 105 cm³/mol. The molecule has 2 aromatic rings. The largest absolute Gasteiger partial charge is 0.496 e. The van der Waals surface area contributed by atoms with Gasteiger partial charge in [0.1, 0.15) is 11.3 Å². The molecule has 1 unspecified atom stereocenters. The van der Waals surface area contributed by atoms with E-state index in [0.29, 0.717) is 11.3 Å². The van der Waals surface area contributed by atoms with Crippen LogP contribution in [0, 0.1) is 10.1 Å². The maximum absolute atomic E-state index is 13.2. The van der Waals surface area contributed by atoms with Gasteiger partial charge in [0.25, 0.3) is 11.6 Å². The van der Waals surface area contributed by atoms with Gasteiger partial charge < -0.3 is 10.1 Å². The lowest BCUT2D eigenvalue weighted by Crippen LogP contribution is -2.41. The molecule has 1 fully saturated rings. The van der Waals surface area contributed by atoms with Gasteiger partial charge in [0.2, 0.25) is 0 Å². The van der Waals surface area contributed by atoms with Crippen LogP contribution in [0.5, 0.6) is 5.75 Å². The Hall–Kier alpha value is -3.42. The number of nitrogens with zero attached hydrogens (tertiary/aromatic N) is 2. The summed E-state index contributed by atoms with van der Waals surface area (Å²) in [5.74, 6) is -0.0173. The van der Waals surface area contributed by atoms with Crippen LogP contribution in [0.1, 0.15) is 35.6 Å². The lowest BCUT2D eigenvalue weighted by atomic mass is 9.89. The van der Waals surface area contributed by atoms with E-state index in [1.165, 1.54) is 36.4 Å². The monoisotopic (exact) mass is 395 g/mol. The molecule has 3 amide bonds. The number of hydrogen-bond acceptors (Lipinski definition) is 5. The minimum Gasteiger partial charge on any atom is -0.496 e. The number of carbonyl (C=O) groups is 2. The molecule has 4 rings (SSSR count). The molecule has 0 radical (unpaired) electrons. The van der Waals surface area contributed by atoms with Crippen LogP contribution in [0.3, 0.4) is 0 Å². The first-order valence-electron chi connectivity index (χ1n) is 9.41. The highest BCUT2D eigenvalue weighted by atomic mass is 16.6. The summed E-state index contributed by atoms with van der Waals surface area (Å²) in [6, 6.07) is 9.48. The van der Waals surface area contributed by atoms with Crippen LogP contribution in [0.4, 0.5) is 10.5 Å². The average molecular weight is 395 g/mol. The molecule has 8 heteroatoms. The molecule has 1 aliphatic heterocycles. The number of methoxy groups -OCH3 is 1. The van der Waals surface area contributed by atoms with Crippen LogP contribution >= 0.6 is 0 Å². The molecule has 0 spiro atoms. The summed E-state index contributed by atoms with van der Waals surface area (Å²) in [5, 5.41) is 13.9. The van der Waals surface area contributed by atoms with Gasteiger partial charge in [-0.15, -0.1) is 0 Å². The highest BCUT2D eigenvalue weighted by Crippen LogP contribution is 2.34. The smallest absolute Gasteiger partial charge is 0.325 e. The van der Waals surface area contributed by atoms with Gasteiger partial charge in [0, 0.05) is 17.7 Å². The van der Waals surface area contributed by atoms with Gasteiger partial charge >= 0.3 is 6.03 Å². The third-order valence-corrected chi connectivity index (χ3v) is 5.75. The molecule has 0 bridgehead atoms. The fourth-order valence-electron chi connectivity index (χ4n) is 4.09. The fourth-order valence-corrected chi connectivity index (χ4v) is 4.09. The summed E-state index contributed by atoms with van der Waals surface area (Å²) in [6.07, 6.45) is 3.09. The Labute approximate surface area is 167 Å². The van der Waals surface area contributed by atoms with Crippen molar-refractivity contribution in [3.63, 3.8) is 0 Å². The van der Waals surface area contributed by atoms with Crippen LogP contribution in [0.25, 0.3) is 0 Å². The number of nitro benzene ring substituents is 1. The number of carbonyl (C=O) groups excluding carboxylic acids is 2. The molecule has 1 heterocycles. The maximum Gasteiger partial charge on any atom is 0.325 e. The van der Waals surface area contributed by atoms with E-state index in [2.05, 4.69) is 5.32 Å². The van der Waals surface area contributed by atoms with E-state index >= 15 is 0 Å². The third kappa shape index (κ3) is 3.10. The minimum atomic E-state index is -1.18. The molecule has 0 aromatic heterocycles. The molecule has 0 saturated carbocycles. The van der Waals surface area contributed by atoms with Gasteiger partial charge in [-0.2, -0.15) is 0 Å². The van der Waals surface area contributed by atoms with E-state index in [1.54, 1.807) is 6.92 Å². The first-order valence-corrected chi connectivity index (χ1v) is 9.41. The number of non-ortho nitro benzene ring substituents is 1. The van der Waals surface area contributed by atoms with Crippen molar-refractivity contribution in [1.29, 1.82) is 0 Å². The van der Waals surface area contributed by atoms with Crippen molar-refractivity contribution in [2.45, 2.75) is 38.3 Å². The number of nitro groups is 1. The lowest BCUT2D eigenvalue weighted by Gasteiger charge is -2.23. The molecule has 150 valence electrons. The number of imide groups is 1. The van der Waals surface area contributed by atoms with Crippen molar-refractivity contribution in [2.75, 3.05) is 7.11 Å². The molecular weight excluding hydrogens is 374 g/mol. The van der Waals surface area contributed by atoms with Crippen molar-refractivity contribution >= 4 is 17.6 Å². The SMILES string of the molecule is COc1ccc([N+](=O)[O-])cc1CN1C(=O)NC(C)(c2ccc3c(c2)CCC3)C1=O. The lowest BCUT2D eigenvalue weighted by molar-refractivity contribution is -0.384. The first kappa shape index (κ1) is 18.9. The number of amides is 3. The Morgan fingerprint density at radius 2 is 1.93 bits per heavy atom. The van der Waals surface area contributed by atoms with E-state index in [1.807, 2.05) is 18.2 Å². The van der Waals surface area contributed by atoms with Crippen LogP contribution in [-0.4, -0.2) is 28.9 Å². The molecule has 29 heavy (non-hydrogen) atoms. The summed E-state index contributed by atoms with van der Waals surface area (Å²) in [4.78, 5) is 37.5. The summed E-state index contributed by atoms with van der Waals surface area (Å²) in [7, 11) is 1.44. The molecule has 1 saturated heterocycles. The summed E-state index contributed by atoms with van der Waals surface area (Å²) < 4.78 is 5.26. The molecular formula is C21H21N3O5. The zero-order valence-corrected chi connectivity index (χ0v) is 16.2. The molecule has 1 aliphatic carbocycles. The average Bonchev–Trinajstić information content (AvgIpc) is 3.26. The molecule has 8 nitrogen and oxygen atoms in total. The second-order valence-corrected chi connectivity index (χ2v) is 7.54. The second-order valence-electron chi connectivity index (χ2n) is 7.54. The van der Waals surface area contributed by atoms with E-state index in [-0.39, 0.29) is 12.2 Å². The van der Waals surface area contributed by atoms with E-state index in [4.69, 9.17) is 4.74 Å². The van der Waals surface area contributed by atoms with Crippen LogP contribution < -0.4 is 10.1 Å². The summed E-state index contributed by atoms with van der Waals surface area (Å²) in [5.41, 5.74) is 2.32. The normalized spacial score (nSPS) is 20.6. The standard InChI is InChI=1S/C21H21N3O5/c1-21(16-7-6-13-4-3-5-14(13)10-16)19(25)23(20(26)22-21)12-15-11-17(24(27)28)8-9-18(15)29-2/h6-11H,3-5,12H2,1-2H3,(H,22,26). The van der Waals surface area contributed by atoms with Crippen molar-refractivity contribution in [3.8, 4) is 5.75 Å². The number of fused-ring (bicyclic) bond motifs is 1. The van der Waals surface area contributed by atoms with Crippen molar-refractivity contribution in [3.05, 3.63) is 68.8 Å². The number of rotatable bonds is 5. The van der Waals surface area contributed by atoms with E-state index < -0.39 is 22.4 Å². The van der Waals surface area contributed by atoms with Gasteiger partial charge in [-0.1, -0.05) is 18.2 Å². The Morgan fingerprint density at radius 1 is 1.17 bits per heavy atom. The van der Waals surface area contributed by atoms with Crippen molar-refractivity contribution < 1.29 is 19.2 Å². The van der Waals surface area contributed by atoms with Gasteiger partial charge in [-0.25, -0.2) is 4.79 Å². The van der Waals surface area contributed by atoms with Gasteiger partial charge in [0.05, 0.1) is 18.6 Å². The second kappa shape index (κ2) is 6.88. The Bertz CT molecular complexity index is 1030. The molecule has 2 aliphatic rings. The number of urea groups is 1. The van der Waals surface area contributed by atoms with E-state index in [9.17, 15) is 19.7 Å². The Morgan fingerprint density at radius 3 is 2.66 bits per heavy atom. The molecule has 1 atom stereocenters. The highest BCUT2D eigenvalue weighted by Gasteiger charge is 2.49. The van der Waals surface area contributed by atoms with Crippen LogP contribution in [-0.2, 0) is 29.7 Å². The fraction of sp³-hybridized carbons (Fsp3) is 0.333. The number of aryl methyl sites for hydroxylation is 2. The first-order chi connectivity index (χ1) is 13.8. The number of benzene rings is 2. The van der Waals surface area contributed by atoms with Gasteiger partial charge in [-0.3, -0.25) is 19.8 Å². The summed E-state index contributed by atoms with van der Waals surface area (Å²) in [6.45, 7) is 1.57. The van der Waals surface area contributed by atoms with Gasteiger partial charge in [-0.05, 0) is 48.9 Å². The number of nitrogens with one attached hydrogen (secondary N) is 1. The topological polar surface area (TPSA) is 102 Å². The Balaban J connectivity index is 1.65. The maximum atomic E-state index is 13.2. The molecule has 1 N–H and O–H groups in total. The van der Waals surface area contributed by atoms with Gasteiger partial charge in [0.15, 0.2) is 0 Å².